The predicted molar refractivity (Wildman–Crippen MR) is 118 cm³/mol. The van der Waals surface area contributed by atoms with Crippen molar-refractivity contribution in [2.45, 2.75) is 38.1 Å². The molecule has 2 aromatic carbocycles. The highest BCUT2D eigenvalue weighted by Gasteiger charge is 2.31. The predicted octanol–water partition coefficient (Wildman–Crippen LogP) is 1.46. The van der Waals surface area contributed by atoms with Gasteiger partial charge in [-0.3, -0.25) is 4.79 Å². The fourth-order valence-electron chi connectivity index (χ4n) is 3.77. The maximum Gasteiger partial charge on any atom is 0.275 e. The van der Waals surface area contributed by atoms with Crippen LogP contribution in [0.2, 0.25) is 0 Å². The van der Waals surface area contributed by atoms with Gasteiger partial charge in [0.2, 0.25) is 10.0 Å². The molecule has 2 aromatic rings. The third-order valence-electron chi connectivity index (χ3n) is 5.72. The SMILES string of the molecule is CC[C@H](NC(=O)C[NH+]1CCN(S(=O)(=O)c2ccc(C)cc2)CC1)c1ccc(C)cc1. The summed E-state index contributed by atoms with van der Waals surface area (Å²) in [5, 5.41) is 3.13. The van der Waals surface area contributed by atoms with Crippen LogP contribution < -0.4 is 10.2 Å². The maximum absolute atomic E-state index is 12.8. The zero-order valence-corrected chi connectivity index (χ0v) is 18.8. The van der Waals surface area contributed by atoms with Gasteiger partial charge in [0.15, 0.2) is 6.54 Å². The number of benzene rings is 2. The van der Waals surface area contributed by atoms with Crippen molar-refractivity contribution in [3.8, 4) is 0 Å². The molecule has 1 aliphatic heterocycles. The van der Waals surface area contributed by atoms with E-state index in [0.717, 1.165) is 22.4 Å². The standard InChI is InChI=1S/C23H31N3O3S/c1-4-22(20-9-5-18(2)6-10-20)24-23(27)17-25-13-15-26(16-14-25)30(28,29)21-11-7-19(3)8-12-21/h5-12,22H,4,13-17H2,1-3H3,(H,24,27)/p+1/t22-/m0/s1. The molecule has 0 bridgehead atoms. The molecule has 7 heteroatoms. The van der Waals surface area contributed by atoms with Crippen molar-refractivity contribution >= 4 is 15.9 Å². The molecule has 0 spiro atoms. The Bertz CT molecular complexity index is 948. The van der Waals surface area contributed by atoms with E-state index >= 15 is 0 Å². The summed E-state index contributed by atoms with van der Waals surface area (Å²) in [7, 11) is -3.47. The summed E-state index contributed by atoms with van der Waals surface area (Å²) in [6.07, 6.45) is 0.826. The summed E-state index contributed by atoms with van der Waals surface area (Å²) in [6.45, 7) is 8.51. The number of aryl methyl sites for hydroxylation is 2. The fraction of sp³-hybridized carbons (Fsp3) is 0.435. The van der Waals surface area contributed by atoms with Crippen LogP contribution in [0.25, 0.3) is 0 Å². The Hall–Kier alpha value is -2.22. The highest BCUT2D eigenvalue weighted by molar-refractivity contribution is 7.89. The van der Waals surface area contributed by atoms with Crippen molar-refractivity contribution in [3.05, 3.63) is 65.2 Å². The molecule has 1 atom stereocenters. The molecule has 1 aliphatic rings. The van der Waals surface area contributed by atoms with Gasteiger partial charge in [0, 0.05) is 0 Å². The van der Waals surface area contributed by atoms with Gasteiger partial charge in [0.25, 0.3) is 5.91 Å². The number of nitrogens with zero attached hydrogens (tertiary/aromatic N) is 1. The number of hydrogen-bond donors (Lipinski definition) is 2. The van der Waals surface area contributed by atoms with Crippen LogP contribution in [0.1, 0.15) is 36.1 Å². The molecule has 6 nitrogen and oxygen atoms in total. The lowest BCUT2D eigenvalue weighted by atomic mass is 10.0. The van der Waals surface area contributed by atoms with E-state index in [1.165, 1.54) is 9.87 Å². The number of amides is 1. The normalized spacial score (nSPS) is 16.9. The smallest absolute Gasteiger partial charge is 0.275 e. The first-order valence-electron chi connectivity index (χ1n) is 10.6. The van der Waals surface area contributed by atoms with Gasteiger partial charge in [-0.1, -0.05) is 54.4 Å². The average Bonchev–Trinajstić information content (AvgIpc) is 2.73. The molecule has 0 aliphatic carbocycles. The monoisotopic (exact) mass is 430 g/mol. The molecule has 162 valence electrons. The third-order valence-corrected chi connectivity index (χ3v) is 7.63. The van der Waals surface area contributed by atoms with Crippen LogP contribution in [0.5, 0.6) is 0 Å². The largest absolute Gasteiger partial charge is 0.344 e. The second kappa shape index (κ2) is 9.73. The van der Waals surface area contributed by atoms with Gasteiger partial charge in [-0.15, -0.1) is 0 Å². The van der Waals surface area contributed by atoms with E-state index in [1.807, 2.05) is 26.0 Å². The summed E-state index contributed by atoms with van der Waals surface area (Å²) in [5.41, 5.74) is 3.34. The average molecular weight is 431 g/mol. The summed E-state index contributed by atoms with van der Waals surface area (Å²) in [5.74, 6) is 0.00673. The van der Waals surface area contributed by atoms with E-state index in [0.29, 0.717) is 37.6 Å². The van der Waals surface area contributed by atoms with E-state index in [-0.39, 0.29) is 11.9 Å². The first kappa shape index (κ1) is 22.5. The number of carbonyl (C=O) groups excluding carboxylic acids is 1. The molecule has 1 heterocycles. The summed E-state index contributed by atoms with van der Waals surface area (Å²) >= 11 is 0. The number of hydrogen-bond acceptors (Lipinski definition) is 3. The fourth-order valence-corrected chi connectivity index (χ4v) is 5.21. The molecule has 0 aromatic heterocycles. The number of nitrogens with one attached hydrogen (secondary N) is 2. The second-order valence-electron chi connectivity index (χ2n) is 8.08. The van der Waals surface area contributed by atoms with Crippen LogP contribution in [0, 0.1) is 13.8 Å². The zero-order chi connectivity index (χ0) is 21.7. The van der Waals surface area contributed by atoms with Crippen molar-refractivity contribution in [1.29, 1.82) is 0 Å². The van der Waals surface area contributed by atoms with Gasteiger partial charge in [-0.05, 0) is 38.0 Å². The van der Waals surface area contributed by atoms with E-state index in [9.17, 15) is 13.2 Å². The Labute approximate surface area is 179 Å². The molecule has 0 unspecified atom stereocenters. The Morgan fingerprint density at radius 3 is 2.07 bits per heavy atom. The number of rotatable bonds is 7. The molecule has 1 fully saturated rings. The summed E-state index contributed by atoms with van der Waals surface area (Å²) < 4.78 is 27.2. The van der Waals surface area contributed by atoms with E-state index in [2.05, 4.69) is 36.5 Å². The zero-order valence-electron chi connectivity index (χ0n) is 18.0. The van der Waals surface area contributed by atoms with Gasteiger partial charge >= 0.3 is 0 Å². The van der Waals surface area contributed by atoms with Gasteiger partial charge in [-0.25, -0.2) is 8.42 Å². The van der Waals surface area contributed by atoms with Crippen LogP contribution in [-0.2, 0) is 14.8 Å². The number of sulfonamides is 1. The van der Waals surface area contributed by atoms with Gasteiger partial charge in [-0.2, -0.15) is 4.31 Å². The Morgan fingerprint density at radius 2 is 1.53 bits per heavy atom. The minimum Gasteiger partial charge on any atom is -0.344 e. The summed E-state index contributed by atoms with van der Waals surface area (Å²) in [4.78, 5) is 14.0. The molecule has 1 saturated heterocycles. The third kappa shape index (κ3) is 5.47. The van der Waals surface area contributed by atoms with Crippen LogP contribution >= 0.6 is 0 Å². The first-order chi connectivity index (χ1) is 14.3. The van der Waals surface area contributed by atoms with Crippen molar-refractivity contribution in [2.24, 2.45) is 0 Å². The van der Waals surface area contributed by atoms with Crippen molar-refractivity contribution in [1.82, 2.24) is 9.62 Å². The molecular weight excluding hydrogens is 398 g/mol. The van der Waals surface area contributed by atoms with Crippen molar-refractivity contribution in [2.75, 3.05) is 32.7 Å². The molecule has 0 radical (unpaired) electrons. The Balaban J connectivity index is 1.53. The maximum atomic E-state index is 12.8. The Kier molecular flexibility index (Phi) is 7.28. The molecular formula is C23H32N3O3S+. The van der Waals surface area contributed by atoms with Crippen LogP contribution in [0.4, 0.5) is 0 Å². The number of piperazine rings is 1. The molecule has 1 amide bonds. The molecule has 2 N–H and O–H groups in total. The second-order valence-corrected chi connectivity index (χ2v) is 10.0. The van der Waals surface area contributed by atoms with Gasteiger partial charge < -0.3 is 10.2 Å². The lowest BCUT2D eigenvalue weighted by molar-refractivity contribution is -0.895. The summed E-state index contributed by atoms with van der Waals surface area (Å²) in [6, 6.07) is 15.2. The van der Waals surface area contributed by atoms with E-state index in [4.69, 9.17) is 0 Å². The minimum absolute atomic E-state index is 0.000652. The van der Waals surface area contributed by atoms with Crippen LogP contribution in [0.3, 0.4) is 0 Å². The number of quaternary nitrogens is 1. The molecule has 30 heavy (non-hydrogen) atoms. The van der Waals surface area contributed by atoms with Gasteiger partial charge in [0.05, 0.1) is 37.1 Å². The highest BCUT2D eigenvalue weighted by atomic mass is 32.2. The highest BCUT2D eigenvalue weighted by Crippen LogP contribution is 2.17. The van der Waals surface area contributed by atoms with Crippen LogP contribution in [-0.4, -0.2) is 51.4 Å². The van der Waals surface area contributed by atoms with E-state index < -0.39 is 10.0 Å². The molecule has 3 rings (SSSR count). The lowest BCUT2D eigenvalue weighted by Gasteiger charge is -2.31. The van der Waals surface area contributed by atoms with Crippen LogP contribution in [0.15, 0.2) is 53.4 Å². The quantitative estimate of drug-likeness (QED) is 0.699. The first-order valence-corrected chi connectivity index (χ1v) is 12.0. The van der Waals surface area contributed by atoms with Crippen molar-refractivity contribution in [3.63, 3.8) is 0 Å². The van der Waals surface area contributed by atoms with E-state index in [1.54, 1.807) is 12.1 Å². The van der Waals surface area contributed by atoms with Gasteiger partial charge in [0.1, 0.15) is 0 Å². The number of carbonyl (C=O) groups is 1. The minimum atomic E-state index is -3.47. The molecule has 0 saturated carbocycles. The topological polar surface area (TPSA) is 70.9 Å². The Morgan fingerprint density at radius 1 is 1.00 bits per heavy atom. The van der Waals surface area contributed by atoms with Crippen molar-refractivity contribution < 1.29 is 18.1 Å². The lowest BCUT2D eigenvalue weighted by Crippen LogP contribution is -3.15.